The van der Waals surface area contributed by atoms with E-state index in [0.717, 1.165) is 24.9 Å². The number of nitriles is 1. The van der Waals surface area contributed by atoms with E-state index < -0.39 is 47.1 Å². The average molecular weight is 993 g/mol. The maximum atomic E-state index is 13.8. The summed E-state index contributed by atoms with van der Waals surface area (Å²) in [6, 6.07) is 7.84. The number of nitrogens with zero attached hydrogens (tertiary/aromatic N) is 4. The van der Waals surface area contributed by atoms with E-state index in [1.807, 2.05) is 6.07 Å². The van der Waals surface area contributed by atoms with Gasteiger partial charge < -0.3 is 29.0 Å². The van der Waals surface area contributed by atoms with Gasteiger partial charge >= 0.3 is 0 Å². The molecule has 0 spiro atoms. The Morgan fingerprint density at radius 3 is 1.81 bits per heavy atom. The second-order valence-corrected chi connectivity index (χ2v) is 27.5. The first-order valence-electron chi connectivity index (χ1n) is 17.8. The second kappa shape index (κ2) is 23.8. The number of aliphatic hydroxyl groups is 3. The fourth-order valence-corrected chi connectivity index (χ4v) is 7.11. The third-order valence-electron chi connectivity index (χ3n) is 9.47. The van der Waals surface area contributed by atoms with E-state index in [-0.39, 0.29) is 45.3 Å². The Balaban J connectivity index is 0.000000410. The lowest BCUT2D eigenvalue weighted by molar-refractivity contribution is -0.109. The van der Waals surface area contributed by atoms with Crippen molar-refractivity contribution in [2.75, 3.05) is 19.8 Å². The Morgan fingerprint density at radius 2 is 1.36 bits per heavy atom. The summed E-state index contributed by atoms with van der Waals surface area (Å²) in [5.41, 5.74) is 1.27. The largest absolute Gasteiger partial charge is 0.414 e. The van der Waals surface area contributed by atoms with Crippen molar-refractivity contribution in [2.45, 2.75) is 90.0 Å². The molecular formula is C40H52Br2ClF3N4O6Si2. The minimum absolute atomic E-state index is 0.0525. The highest BCUT2D eigenvalue weighted by Gasteiger charge is 2.38. The molecule has 4 rings (SSSR count). The van der Waals surface area contributed by atoms with Crippen molar-refractivity contribution in [3.8, 4) is 17.2 Å². The number of rotatable bonds is 10. The molecule has 0 aliphatic carbocycles. The predicted molar refractivity (Wildman–Crippen MR) is 233 cm³/mol. The molecule has 1 aromatic carbocycles. The van der Waals surface area contributed by atoms with Crippen molar-refractivity contribution in [1.82, 2.24) is 15.0 Å². The van der Waals surface area contributed by atoms with Crippen molar-refractivity contribution < 1.29 is 42.1 Å². The molecule has 0 bridgehead atoms. The van der Waals surface area contributed by atoms with Crippen LogP contribution in [-0.4, -0.2) is 73.0 Å². The van der Waals surface area contributed by atoms with Gasteiger partial charge in [0.15, 0.2) is 16.6 Å². The second-order valence-electron chi connectivity index (χ2n) is 15.8. The third-order valence-corrected chi connectivity index (χ3v) is 19.8. The number of hydrogen-bond acceptors (Lipinski definition) is 10. The molecule has 0 amide bonds. The number of pyridine rings is 3. The number of hydrogen-bond donors (Lipinski definition) is 3. The standard InChI is InChI=1S/C14H10ClFN2O2.C13H21BrFNO2Si.C8H18O2Si.C5H3BrFN/c15-11-3-8(1-2-9(11)4-17)10-5-18-6-12(16)14(10)13(20)7-19;1-13(2,3)19(4,5)18-8-11(17)12-9(14)6-16-7-10(12)15;1-8(2,3)11(4,5)10-7-6-9;6-4-1-5(7)3-8-2-4/h1-3,5-6,13,19-20H,7H2;6-7,11,17H,8H2,1-5H3;6H,7H2,1-5H3;1-3H. The molecule has 2 unspecified atom stereocenters. The molecule has 0 aliphatic heterocycles. The van der Waals surface area contributed by atoms with Crippen LogP contribution < -0.4 is 0 Å². The molecule has 3 heterocycles. The molecule has 10 nitrogen and oxygen atoms in total. The van der Waals surface area contributed by atoms with Gasteiger partial charge in [0.2, 0.25) is 0 Å². The number of aromatic nitrogens is 3. The molecule has 0 saturated carbocycles. The minimum atomic E-state index is -1.95. The van der Waals surface area contributed by atoms with Gasteiger partial charge in [-0.3, -0.25) is 15.0 Å². The lowest BCUT2D eigenvalue weighted by Gasteiger charge is -2.36. The fourth-order valence-electron chi connectivity index (χ4n) is 4.05. The molecule has 0 radical (unpaired) electrons. The number of aldehydes is 1. The molecule has 0 aliphatic rings. The van der Waals surface area contributed by atoms with E-state index in [0.29, 0.717) is 25.6 Å². The smallest absolute Gasteiger partial charge is 0.192 e. The van der Waals surface area contributed by atoms with Gasteiger partial charge in [-0.15, -0.1) is 0 Å². The van der Waals surface area contributed by atoms with Crippen LogP contribution >= 0.6 is 43.5 Å². The molecule has 2 atom stereocenters. The Kier molecular flexibility index (Phi) is 21.8. The summed E-state index contributed by atoms with van der Waals surface area (Å²) in [6.45, 7) is 21.0. The maximum Gasteiger partial charge on any atom is 0.192 e. The number of carbonyl (C=O) groups excluding carboxylic acids is 1. The van der Waals surface area contributed by atoms with Crippen molar-refractivity contribution in [1.29, 1.82) is 5.26 Å². The maximum absolute atomic E-state index is 13.8. The quantitative estimate of drug-likeness (QED) is 0.103. The lowest BCUT2D eigenvalue weighted by atomic mass is 9.97. The molecule has 3 aromatic heterocycles. The molecule has 58 heavy (non-hydrogen) atoms. The van der Waals surface area contributed by atoms with E-state index in [1.54, 1.807) is 6.07 Å². The topological polar surface area (TPSA) is 159 Å². The van der Waals surface area contributed by atoms with E-state index in [9.17, 15) is 28.2 Å². The van der Waals surface area contributed by atoms with Gasteiger partial charge in [0, 0.05) is 44.2 Å². The number of benzene rings is 1. The highest BCUT2D eigenvalue weighted by atomic mass is 79.9. The summed E-state index contributed by atoms with van der Waals surface area (Å²) in [4.78, 5) is 21.1. The fraction of sp³-hybridized carbons (Fsp3) is 0.425. The average Bonchev–Trinajstić information content (AvgIpc) is 3.12. The Hall–Kier alpha value is -2.90. The number of carbonyl (C=O) groups is 1. The molecule has 0 saturated heterocycles. The SMILES string of the molecule is CC(C)(C)[Si](C)(C)OCC(O)c1c(F)cncc1Br.CC(C)(C)[Si](C)(C)OCC=O.Fc1cncc(Br)c1.N#Cc1ccc(-c2cncc(F)c2C(O)CO)cc1Cl. The molecule has 4 aromatic rings. The first kappa shape index (κ1) is 53.1. The highest BCUT2D eigenvalue weighted by Crippen LogP contribution is 2.38. The molecule has 3 N–H and O–H groups in total. The van der Waals surface area contributed by atoms with E-state index in [1.165, 1.54) is 36.8 Å². The number of halogens is 6. The Morgan fingerprint density at radius 1 is 0.828 bits per heavy atom. The zero-order chi connectivity index (χ0) is 44.6. The monoisotopic (exact) mass is 990 g/mol. The summed E-state index contributed by atoms with van der Waals surface area (Å²) in [6.07, 6.45) is 6.05. The van der Waals surface area contributed by atoms with Crippen LogP contribution in [0.25, 0.3) is 11.1 Å². The number of aliphatic hydroxyl groups excluding tert-OH is 3. The van der Waals surface area contributed by atoms with Crippen molar-refractivity contribution >= 4 is 66.4 Å². The van der Waals surface area contributed by atoms with Crippen LogP contribution in [-0.2, 0) is 13.6 Å². The van der Waals surface area contributed by atoms with Crippen LogP contribution in [0, 0.1) is 28.8 Å². The van der Waals surface area contributed by atoms with Crippen LogP contribution in [0.5, 0.6) is 0 Å². The molecule has 318 valence electrons. The summed E-state index contributed by atoms with van der Waals surface area (Å²) in [5, 5.41) is 38.2. The van der Waals surface area contributed by atoms with Crippen LogP contribution in [0.15, 0.2) is 70.4 Å². The zero-order valence-corrected chi connectivity index (χ0v) is 40.2. The predicted octanol–water partition coefficient (Wildman–Crippen LogP) is 10.7. The highest BCUT2D eigenvalue weighted by molar-refractivity contribution is 9.10. The van der Waals surface area contributed by atoms with E-state index in [2.05, 4.69) is 115 Å². The first-order valence-corrected chi connectivity index (χ1v) is 25.6. The summed E-state index contributed by atoms with van der Waals surface area (Å²) < 4.78 is 52.1. The van der Waals surface area contributed by atoms with Crippen molar-refractivity contribution in [3.05, 3.63) is 110 Å². The first-order chi connectivity index (χ1) is 26.7. The zero-order valence-electron chi connectivity index (χ0n) is 34.2. The van der Waals surface area contributed by atoms with Gasteiger partial charge in [0.1, 0.15) is 42.0 Å². The molecule has 18 heteroatoms. The minimum Gasteiger partial charge on any atom is -0.414 e. The summed E-state index contributed by atoms with van der Waals surface area (Å²) >= 11 is 12.2. The van der Waals surface area contributed by atoms with Crippen LogP contribution in [0.2, 0.25) is 41.3 Å². The van der Waals surface area contributed by atoms with E-state index >= 15 is 0 Å². The normalized spacial score (nSPS) is 12.7. The van der Waals surface area contributed by atoms with Crippen LogP contribution in [0.3, 0.4) is 0 Å². The van der Waals surface area contributed by atoms with Crippen molar-refractivity contribution in [2.24, 2.45) is 0 Å². The third kappa shape index (κ3) is 16.6. The summed E-state index contributed by atoms with van der Waals surface area (Å²) in [7, 11) is -3.61. The Labute approximate surface area is 363 Å². The van der Waals surface area contributed by atoms with Crippen LogP contribution in [0.4, 0.5) is 13.2 Å². The van der Waals surface area contributed by atoms with E-state index in [4.69, 9.17) is 30.8 Å². The van der Waals surface area contributed by atoms with Gasteiger partial charge in [-0.2, -0.15) is 5.26 Å². The van der Waals surface area contributed by atoms with Gasteiger partial charge in [-0.25, -0.2) is 13.2 Å². The lowest BCUT2D eigenvalue weighted by Crippen LogP contribution is -2.41. The van der Waals surface area contributed by atoms with Gasteiger partial charge in [0.25, 0.3) is 0 Å². The molecular weight excluding hydrogens is 941 g/mol. The summed E-state index contributed by atoms with van der Waals surface area (Å²) in [5.74, 6) is -1.57. The molecule has 0 fully saturated rings. The van der Waals surface area contributed by atoms with Gasteiger partial charge in [0.05, 0.1) is 49.0 Å². The van der Waals surface area contributed by atoms with Gasteiger partial charge in [-0.1, -0.05) is 59.2 Å². The van der Waals surface area contributed by atoms with Crippen LogP contribution in [0.1, 0.15) is 70.4 Å². The van der Waals surface area contributed by atoms with Gasteiger partial charge in [-0.05, 0) is 91.9 Å². The van der Waals surface area contributed by atoms with Crippen molar-refractivity contribution in [3.63, 3.8) is 0 Å². The Bertz CT molecular complexity index is 1950.